The topological polar surface area (TPSA) is 0 Å². The third-order valence-electron chi connectivity index (χ3n) is 3.59. The number of hydrogen-bond acceptors (Lipinski definition) is 0. The molecule has 0 heteroatoms. The van der Waals surface area contributed by atoms with E-state index in [1.165, 1.54) is 21.5 Å². The van der Waals surface area contributed by atoms with Gasteiger partial charge in [-0.1, -0.05) is 84.8 Å². The third-order valence-corrected chi connectivity index (χ3v) is 3.59. The molecule has 4 aromatic carbocycles. The Bertz CT molecular complexity index is 873. The first-order chi connectivity index (χ1) is 10.9. The van der Waals surface area contributed by atoms with E-state index in [1.807, 2.05) is 30.3 Å². The van der Waals surface area contributed by atoms with Crippen LogP contribution in [-0.2, 0) is 0 Å². The van der Waals surface area contributed by atoms with E-state index >= 15 is 0 Å². The van der Waals surface area contributed by atoms with Gasteiger partial charge in [0, 0.05) is 5.56 Å². The lowest BCUT2D eigenvalue weighted by atomic mass is 10.0. The third kappa shape index (κ3) is 3.00. The molecule has 4 rings (SSSR count). The summed E-state index contributed by atoms with van der Waals surface area (Å²) in [4.78, 5) is 0. The van der Waals surface area contributed by atoms with E-state index in [2.05, 4.69) is 66.6 Å². The Morgan fingerprint density at radius 1 is 0.500 bits per heavy atom. The molecule has 0 saturated heterocycles. The molecule has 0 atom stereocenters. The molecule has 0 aliphatic carbocycles. The Balaban J connectivity index is 0.000000154. The molecule has 0 saturated carbocycles. The van der Waals surface area contributed by atoms with Crippen molar-refractivity contribution in [1.29, 1.82) is 0 Å². The predicted octanol–water partition coefficient (Wildman–Crippen LogP) is 5.66. The van der Waals surface area contributed by atoms with Crippen molar-refractivity contribution in [3.63, 3.8) is 0 Å². The minimum atomic E-state index is 0.938. The number of benzene rings is 4. The van der Waals surface area contributed by atoms with Gasteiger partial charge in [0.1, 0.15) is 0 Å². The Labute approximate surface area is 131 Å². The molecule has 0 heterocycles. The Kier molecular flexibility index (Phi) is 4.18. The van der Waals surface area contributed by atoms with E-state index in [4.69, 9.17) is 6.42 Å². The van der Waals surface area contributed by atoms with Gasteiger partial charge in [-0.3, -0.25) is 0 Å². The lowest BCUT2D eigenvalue weighted by molar-refractivity contribution is 1.65. The Morgan fingerprint density at radius 2 is 0.955 bits per heavy atom. The van der Waals surface area contributed by atoms with E-state index in [-0.39, 0.29) is 0 Å². The predicted molar refractivity (Wildman–Crippen MR) is 95.8 cm³/mol. The molecule has 0 radical (unpaired) electrons. The maximum Gasteiger partial charge on any atom is 0.0242 e. The van der Waals surface area contributed by atoms with Crippen molar-refractivity contribution in [3.8, 4) is 12.3 Å². The maximum absolute atomic E-state index is 5.10. The summed E-state index contributed by atoms with van der Waals surface area (Å²) in [6.45, 7) is 0. The monoisotopic (exact) mass is 280 g/mol. The quantitative estimate of drug-likeness (QED) is 0.288. The number of terminal acetylenes is 1. The summed E-state index contributed by atoms with van der Waals surface area (Å²) in [5.74, 6) is 2.53. The van der Waals surface area contributed by atoms with Crippen LogP contribution in [0.15, 0.2) is 91.0 Å². The van der Waals surface area contributed by atoms with Crippen LogP contribution >= 0.6 is 0 Å². The number of fused-ring (bicyclic) bond motifs is 3. The fraction of sp³-hybridized carbons (Fsp3) is 0. The van der Waals surface area contributed by atoms with E-state index in [0.717, 1.165) is 5.56 Å². The van der Waals surface area contributed by atoms with Crippen LogP contribution in [-0.4, -0.2) is 0 Å². The van der Waals surface area contributed by atoms with E-state index in [9.17, 15) is 0 Å². The highest BCUT2D eigenvalue weighted by Crippen LogP contribution is 2.24. The zero-order chi connectivity index (χ0) is 15.2. The summed E-state index contributed by atoms with van der Waals surface area (Å²) in [5, 5.41) is 5.30. The summed E-state index contributed by atoms with van der Waals surface area (Å²) in [6.07, 6.45) is 5.10. The van der Waals surface area contributed by atoms with Crippen LogP contribution in [0.4, 0.5) is 0 Å². The Hall–Kier alpha value is -3.04. The highest BCUT2D eigenvalue weighted by molar-refractivity contribution is 6.07. The van der Waals surface area contributed by atoms with Gasteiger partial charge in [0.05, 0.1) is 0 Å². The first-order valence-electron chi connectivity index (χ1n) is 7.26. The van der Waals surface area contributed by atoms with Gasteiger partial charge in [-0.05, 0) is 33.7 Å². The van der Waals surface area contributed by atoms with Crippen molar-refractivity contribution < 1.29 is 0 Å². The van der Waals surface area contributed by atoms with Crippen LogP contribution < -0.4 is 0 Å². The zero-order valence-electron chi connectivity index (χ0n) is 12.2. The molecule has 0 N–H and O–H groups in total. The molecular formula is C22H16. The second kappa shape index (κ2) is 6.61. The molecule has 22 heavy (non-hydrogen) atoms. The van der Waals surface area contributed by atoms with Gasteiger partial charge in [-0.15, -0.1) is 6.42 Å². The van der Waals surface area contributed by atoms with Crippen molar-refractivity contribution in [2.45, 2.75) is 0 Å². The molecule has 0 fully saturated rings. The first-order valence-corrected chi connectivity index (χ1v) is 7.26. The highest BCUT2D eigenvalue weighted by atomic mass is 14.0. The summed E-state index contributed by atoms with van der Waals surface area (Å²) in [6, 6.07) is 31.0. The van der Waals surface area contributed by atoms with Gasteiger partial charge >= 0.3 is 0 Å². The maximum atomic E-state index is 5.10. The van der Waals surface area contributed by atoms with E-state index in [1.54, 1.807) is 0 Å². The number of rotatable bonds is 0. The van der Waals surface area contributed by atoms with Crippen molar-refractivity contribution in [1.82, 2.24) is 0 Å². The smallest absolute Gasteiger partial charge is 0.0242 e. The van der Waals surface area contributed by atoms with Crippen LogP contribution in [0.1, 0.15) is 5.56 Å². The number of hydrogen-bond donors (Lipinski definition) is 0. The van der Waals surface area contributed by atoms with Crippen LogP contribution in [0.5, 0.6) is 0 Å². The summed E-state index contributed by atoms with van der Waals surface area (Å²) in [5.41, 5.74) is 0.938. The minimum Gasteiger partial charge on any atom is -0.115 e. The molecule has 4 aromatic rings. The normalized spacial score (nSPS) is 9.77. The molecule has 0 amide bonds. The molecular weight excluding hydrogens is 264 g/mol. The lowest BCUT2D eigenvalue weighted by Crippen LogP contribution is -1.75. The van der Waals surface area contributed by atoms with Crippen LogP contribution in [0.25, 0.3) is 21.5 Å². The van der Waals surface area contributed by atoms with Gasteiger partial charge in [0.25, 0.3) is 0 Å². The van der Waals surface area contributed by atoms with Crippen molar-refractivity contribution in [2.75, 3.05) is 0 Å². The fourth-order valence-corrected chi connectivity index (χ4v) is 2.49. The standard InChI is InChI=1S/C14H10.C8H6/c1-3-7-13-11(5-1)9-10-12-6-2-4-8-14(12)13;1-2-8-6-4-3-5-7-8/h1-10H;1,3-7H. The molecule has 104 valence electrons. The van der Waals surface area contributed by atoms with Gasteiger partial charge in [-0.2, -0.15) is 0 Å². The zero-order valence-corrected chi connectivity index (χ0v) is 12.2. The molecule has 0 aromatic heterocycles. The summed E-state index contributed by atoms with van der Waals surface area (Å²) >= 11 is 0. The van der Waals surface area contributed by atoms with Crippen LogP contribution in [0, 0.1) is 12.3 Å². The molecule has 0 aliphatic rings. The van der Waals surface area contributed by atoms with Crippen molar-refractivity contribution in [2.24, 2.45) is 0 Å². The average Bonchev–Trinajstić information content (AvgIpc) is 2.63. The van der Waals surface area contributed by atoms with Gasteiger partial charge in [0.15, 0.2) is 0 Å². The van der Waals surface area contributed by atoms with Gasteiger partial charge in [-0.25, -0.2) is 0 Å². The Morgan fingerprint density at radius 3 is 1.41 bits per heavy atom. The average molecular weight is 280 g/mol. The van der Waals surface area contributed by atoms with Crippen LogP contribution in [0.2, 0.25) is 0 Å². The first kappa shape index (κ1) is 13.9. The lowest BCUT2D eigenvalue weighted by Gasteiger charge is -2.02. The molecule has 0 bridgehead atoms. The minimum absolute atomic E-state index is 0.938. The van der Waals surface area contributed by atoms with E-state index in [0.29, 0.717) is 0 Å². The molecule has 0 unspecified atom stereocenters. The second-order valence-corrected chi connectivity index (χ2v) is 5.02. The molecule has 0 nitrogen and oxygen atoms in total. The summed E-state index contributed by atoms with van der Waals surface area (Å²) in [7, 11) is 0. The van der Waals surface area contributed by atoms with Gasteiger partial charge < -0.3 is 0 Å². The highest BCUT2D eigenvalue weighted by Gasteiger charge is 1.97. The van der Waals surface area contributed by atoms with E-state index < -0.39 is 0 Å². The summed E-state index contributed by atoms with van der Waals surface area (Å²) < 4.78 is 0. The van der Waals surface area contributed by atoms with Crippen molar-refractivity contribution >= 4 is 21.5 Å². The fourth-order valence-electron chi connectivity index (χ4n) is 2.49. The SMILES string of the molecule is C#Cc1ccccc1.c1ccc2c(c1)ccc1ccccc12. The molecule has 0 spiro atoms. The largest absolute Gasteiger partial charge is 0.115 e. The van der Waals surface area contributed by atoms with Crippen molar-refractivity contribution in [3.05, 3.63) is 96.6 Å². The van der Waals surface area contributed by atoms with Crippen LogP contribution in [0.3, 0.4) is 0 Å². The second-order valence-electron chi connectivity index (χ2n) is 5.02. The van der Waals surface area contributed by atoms with Gasteiger partial charge in [0.2, 0.25) is 0 Å². The molecule has 0 aliphatic heterocycles.